The maximum absolute atomic E-state index is 14.0. The van der Waals surface area contributed by atoms with E-state index in [0.29, 0.717) is 49.4 Å². The minimum Gasteiger partial charge on any atom is -0.367 e. The average molecular weight is 520 g/mol. The van der Waals surface area contributed by atoms with Crippen LogP contribution in [0.4, 0.5) is 14.5 Å². The highest BCUT2D eigenvalue weighted by atomic mass is 127. The number of anilines is 1. The Morgan fingerprint density at radius 3 is 2.83 bits per heavy atom. The lowest BCUT2D eigenvalue weighted by atomic mass is 10.2. The van der Waals surface area contributed by atoms with E-state index in [2.05, 4.69) is 25.8 Å². The van der Waals surface area contributed by atoms with Crippen molar-refractivity contribution in [2.75, 3.05) is 31.6 Å². The molecule has 2 aromatic rings. The van der Waals surface area contributed by atoms with Crippen LogP contribution in [0.1, 0.15) is 37.9 Å². The fourth-order valence-corrected chi connectivity index (χ4v) is 3.11. The first-order valence-electron chi connectivity index (χ1n) is 9.46. The normalized spacial score (nSPS) is 16.8. The van der Waals surface area contributed by atoms with E-state index in [0.717, 1.165) is 12.5 Å². The van der Waals surface area contributed by atoms with Crippen molar-refractivity contribution in [1.29, 1.82) is 0 Å². The van der Waals surface area contributed by atoms with E-state index < -0.39 is 11.6 Å². The average Bonchev–Trinajstić information content (AvgIpc) is 3.30. The van der Waals surface area contributed by atoms with Gasteiger partial charge in [0.05, 0.1) is 5.69 Å². The van der Waals surface area contributed by atoms with Crippen molar-refractivity contribution < 1.29 is 13.3 Å². The molecular weight excluding hydrogens is 493 g/mol. The molecule has 3 rings (SSSR count). The van der Waals surface area contributed by atoms with E-state index >= 15 is 0 Å². The SMILES string of the molecule is CN=C(NCCc1nc(C(C)C)no1)NC1CCN(c2ccc(F)cc2F)C1.I. The van der Waals surface area contributed by atoms with Gasteiger partial charge in [0, 0.05) is 51.1 Å². The molecule has 1 aliphatic rings. The highest BCUT2D eigenvalue weighted by molar-refractivity contribution is 14.0. The molecule has 2 N–H and O–H groups in total. The summed E-state index contributed by atoms with van der Waals surface area (Å²) in [6.07, 6.45) is 1.43. The van der Waals surface area contributed by atoms with Gasteiger partial charge in [0.1, 0.15) is 11.6 Å². The van der Waals surface area contributed by atoms with E-state index in [1.165, 1.54) is 12.1 Å². The van der Waals surface area contributed by atoms with Crippen molar-refractivity contribution in [1.82, 2.24) is 20.8 Å². The zero-order chi connectivity index (χ0) is 20.1. The molecule has 29 heavy (non-hydrogen) atoms. The fourth-order valence-electron chi connectivity index (χ4n) is 3.11. The van der Waals surface area contributed by atoms with Gasteiger partial charge in [0.25, 0.3) is 0 Å². The second-order valence-electron chi connectivity index (χ2n) is 7.12. The summed E-state index contributed by atoms with van der Waals surface area (Å²) in [5.74, 6) is 1.08. The van der Waals surface area contributed by atoms with Gasteiger partial charge in [-0.05, 0) is 18.6 Å². The van der Waals surface area contributed by atoms with Crippen LogP contribution in [0.5, 0.6) is 0 Å². The molecule has 160 valence electrons. The molecule has 1 aromatic carbocycles. The van der Waals surface area contributed by atoms with Gasteiger partial charge in [0.2, 0.25) is 5.89 Å². The van der Waals surface area contributed by atoms with Gasteiger partial charge < -0.3 is 20.1 Å². The van der Waals surface area contributed by atoms with Crippen LogP contribution < -0.4 is 15.5 Å². The molecule has 1 aromatic heterocycles. The minimum absolute atomic E-state index is 0. The van der Waals surface area contributed by atoms with Crippen LogP contribution >= 0.6 is 24.0 Å². The predicted molar refractivity (Wildman–Crippen MR) is 119 cm³/mol. The van der Waals surface area contributed by atoms with E-state index in [1.807, 2.05) is 18.7 Å². The van der Waals surface area contributed by atoms with Gasteiger partial charge in [-0.3, -0.25) is 4.99 Å². The van der Waals surface area contributed by atoms with Gasteiger partial charge in [-0.2, -0.15) is 4.98 Å². The van der Waals surface area contributed by atoms with E-state index in [4.69, 9.17) is 4.52 Å². The highest BCUT2D eigenvalue weighted by Crippen LogP contribution is 2.24. The Hall–Kier alpha value is -1.98. The summed E-state index contributed by atoms with van der Waals surface area (Å²) in [7, 11) is 1.70. The number of hydrogen-bond donors (Lipinski definition) is 2. The molecule has 1 unspecified atom stereocenters. The molecule has 2 heterocycles. The third-order valence-electron chi connectivity index (χ3n) is 4.63. The maximum atomic E-state index is 14.0. The highest BCUT2D eigenvalue weighted by Gasteiger charge is 2.25. The smallest absolute Gasteiger partial charge is 0.228 e. The molecule has 0 amide bonds. The van der Waals surface area contributed by atoms with Gasteiger partial charge in [-0.1, -0.05) is 19.0 Å². The molecule has 7 nitrogen and oxygen atoms in total. The zero-order valence-corrected chi connectivity index (χ0v) is 19.1. The Kier molecular flexibility index (Phi) is 8.60. The summed E-state index contributed by atoms with van der Waals surface area (Å²) in [5.41, 5.74) is 0.422. The number of rotatable bonds is 6. The number of aromatic nitrogens is 2. The van der Waals surface area contributed by atoms with Crippen LogP contribution in [0.3, 0.4) is 0 Å². The first kappa shape index (κ1) is 23.3. The third-order valence-corrected chi connectivity index (χ3v) is 4.63. The van der Waals surface area contributed by atoms with E-state index in [1.54, 1.807) is 7.05 Å². The quantitative estimate of drug-likeness (QED) is 0.347. The second-order valence-corrected chi connectivity index (χ2v) is 7.12. The van der Waals surface area contributed by atoms with Gasteiger partial charge in [-0.15, -0.1) is 24.0 Å². The molecule has 0 bridgehead atoms. The van der Waals surface area contributed by atoms with E-state index in [-0.39, 0.29) is 35.9 Å². The molecule has 0 radical (unpaired) electrons. The van der Waals surface area contributed by atoms with Crippen molar-refractivity contribution >= 4 is 35.6 Å². The zero-order valence-electron chi connectivity index (χ0n) is 16.8. The molecule has 0 saturated carbocycles. The molecule has 0 spiro atoms. The number of halogens is 3. The Bertz CT molecular complexity index is 829. The van der Waals surface area contributed by atoms with Crippen molar-refractivity contribution in [3.05, 3.63) is 41.5 Å². The lowest BCUT2D eigenvalue weighted by Crippen LogP contribution is -2.45. The van der Waals surface area contributed by atoms with Crippen LogP contribution in [-0.2, 0) is 6.42 Å². The van der Waals surface area contributed by atoms with Crippen LogP contribution in [-0.4, -0.2) is 48.8 Å². The first-order valence-corrected chi connectivity index (χ1v) is 9.46. The van der Waals surface area contributed by atoms with Crippen molar-refractivity contribution in [2.45, 2.75) is 38.6 Å². The number of benzene rings is 1. The summed E-state index contributed by atoms with van der Waals surface area (Å²) in [6.45, 7) is 5.94. The Balaban J connectivity index is 0.00000300. The molecular formula is C19H27F2IN6O. The number of guanidine groups is 1. The van der Waals surface area contributed by atoms with Crippen LogP contribution in [0.2, 0.25) is 0 Å². The Labute approximate surface area is 186 Å². The molecule has 0 aliphatic carbocycles. The van der Waals surface area contributed by atoms with Gasteiger partial charge in [0.15, 0.2) is 11.8 Å². The molecule has 1 atom stereocenters. The summed E-state index contributed by atoms with van der Waals surface area (Å²) >= 11 is 0. The van der Waals surface area contributed by atoms with Crippen LogP contribution in [0.15, 0.2) is 27.7 Å². The molecule has 10 heteroatoms. The van der Waals surface area contributed by atoms with Gasteiger partial charge in [-0.25, -0.2) is 8.78 Å². The lowest BCUT2D eigenvalue weighted by molar-refractivity contribution is 0.371. The summed E-state index contributed by atoms with van der Waals surface area (Å²) < 4.78 is 32.3. The minimum atomic E-state index is -0.568. The standard InChI is InChI=1S/C19H26F2N6O.HI/c1-12(2)18-25-17(28-26-18)6-8-23-19(22-3)24-14-7-9-27(11-14)16-5-4-13(20)10-15(16)21;/h4-5,10,12,14H,6-9,11H2,1-3H3,(H2,22,23,24);1H. The van der Waals surface area contributed by atoms with E-state index in [9.17, 15) is 8.78 Å². The number of aliphatic imine (C=N–C) groups is 1. The van der Waals surface area contributed by atoms with Gasteiger partial charge >= 0.3 is 0 Å². The topological polar surface area (TPSA) is 78.6 Å². The summed E-state index contributed by atoms with van der Waals surface area (Å²) in [5, 5.41) is 10.5. The number of nitrogens with one attached hydrogen (secondary N) is 2. The maximum Gasteiger partial charge on any atom is 0.228 e. The second kappa shape index (κ2) is 10.7. The summed E-state index contributed by atoms with van der Waals surface area (Å²) in [4.78, 5) is 10.5. The predicted octanol–water partition coefficient (Wildman–Crippen LogP) is 3.08. The monoisotopic (exact) mass is 520 g/mol. The Morgan fingerprint density at radius 1 is 1.38 bits per heavy atom. The first-order chi connectivity index (χ1) is 13.5. The summed E-state index contributed by atoms with van der Waals surface area (Å²) in [6, 6.07) is 3.79. The third kappa shape index (κ3) is 6.25. The van der Waals surface area contributed by atoms with Crippen LogP contribution in [0.25, 0.3) is 0 Å². The number of hydrogen-bond acceptors (Lipinski definition) is 5. The van der Waals surface area contributed by atoms with Crippen LogP contribution in [0, 0.1) is 11.6 Å². The lowest BCUT2D eigenvalue weighted by Gasteiger charge is -2.20. The molecule has 1 saturated heterocycles. The van der Waals surface area contributed by atoms with Crippen molar-refractivity contribution in [3.63, 3.8) is 0 Å². The number of nitrogens with zero attached hydrogens (tertiary/aromatic N) is 4. The largest absolute Gasteiger partial charge is 0.367 e. The van der Waals surface area contributed by atoms with Crippen molar-refractivity contribution in [3.8, 4) is 0 Å². The molecule has 1 fully saturated rings. The molecule has 1 aliphatic heterocycles. The Morgan fingerprint density at radius 2 is 2.17 bits per heavy atom. The van der Waals surface area contributed by atoms with Crippen molar-refractivity contribution in [2.24, 2.45) is 4.99 Å². The fraction of sp³-hybridized carbons (Fsp3) is 0.526.